The normalized spacial score (nSPS) is 16.8. The van der Waals surface area contributed by atoms with Gasteiger partial charge in [0.15, 0.2) is 0 Å². The zero-order chi connectivity index (χ0) is 27.9. The van der Waals surface area contributed by atoms with Gasteiger partial charge in [-0.2, -0.15) is 11.8 Å². The van der Waals surface area contributed by atoms with Crippen LogP contribution in [0.1, 0.15) is 52.9 Å². The van der Waals surface area contributed by atoms with Gasteiger partial charge >= 0.3 is 0 Å². The van der Waals surface area contributed by atoms with Crippen LogP contribution in [0, 0.1) is 5.92 Å². The molecule has 1 aromatic heterocycles. The Morgan fingerprint density at radius 2 is 1.76 bits per heavy atom. The zero-order valence-corrected chi connectivity index (χ0v) is 24.7. The van der Waals surface area contributed by atoms with Crippen molar-refractivity contribution in [2.24, 2.45) is 5.92 Å². The van der Waals surface area contributed by atoms with E-state index in [4.69, 9.17) is 0 Å². The Morgan fingerprint density at radius 3 is 2.37 bits per heavy atom. The SMILES string of the molecule is CNC(C)C(=O)NC(C(=O)N(C)C(C(=O)Nc1snnc1-c1ccccc1)C(C)(C)SC)C1CCCCC1. The van der Waals surface area contributed by atoms with Crippen LogP contribution in [0.5, 0.6) is 0 Å². The van der Waals surface area contributed by atoms with E-state index < -0.39 is 22.9 Å². The lowest BCUT2D eigenvalue weighted by molar-refractivity contribution is -0.143. The number of benzene rings is 1. The van der Waals surface area contributed by atoms with Gasteiger partial charge in [-0.05, 0) is 52.8 Å². The summed E-state index contributed by atoms with van der Waals surface area (Å²) in [5.41, 5.74) is 1.44. The summed E-state index contributed by atoms with van der Waals surface area (Å²) < 4.78 is 3.45. The fraction of sp³-hybridized carbons (Fsp3) is 0.593. The molecule has 208 valence electrons. The summed E-state index contributed by atoms with van der Waals surface area (Å²) in [6.45, 7) is 5.67. The second kappa shape index (κ2) is 13.5. The molecule has 0 aliphatic heterocycles. The van der Waals surface area contributed by atoms with Crippen LogP contribution in [-0.4, -0.2) is 75.4 Å². The molecule has 3 unspecified atom stereocenters. The molecule has 3 atom stereocenters. The van der Waals surface area contributed by atoms with E-state index in [1.54, 1.807) is 21.0 Å². The summed E-state index contributed by atoms with van der Waals surface area (Å²) >= 11 is 2.62. The minimum absolute atomic E-state index is 0.0307. The lowest BCUT2D eigenvalue weighted by Gasteiger charge is -2.41. The highest BCUT2D eigenvalue weighted by atomic mass is 32.2. The van der Waals surface area contributed by atoms with E-state index in [-0.39, 0.29) is 23.6 Å². The smallest absolute Gasteiger partial charge is 0.249 e. The molecule has 2 aromatic rings. The minimum atomic E-state index is -0.805. The average Bonchev–Trinajstić information content (AvgIpc) is 3.39. The molecule has 1 aromatic carbocycles. The van der Waals surface area contributed by atoms with Gasteiger partial charge in [-0.15, -0.1) is 5.10 Å². The molecule has 0 bridgehead atoms. The second-order valence-electron chi connectivity index (χ2n) is 10.4. The van der Waals surface area contributed by atoms with E-state index in [1.165, 1.54) is 16.7 Å². The number of hydrogen-bond donors (Lipinski definition) is 3. The zero-order valence-electron chi connectivity index (χ0n) is 23.1. The molecule has 1 heterocycles. The highest BCUT2D eigenvalue weighted by molar-refractivity contribution is 8.00. The predicted molar refractivity (Wildman–Crippen MR) is 155 cm³/mol. The van der Waals surface area contributed by atoms with Gasteiger partial charge in [0.2, 0.25) is 17.7 Å². The van der Waals surface area contributed by atoms with Crippen LogP contribution in [0.15, 0.2) is 30.3 Å². The van der Waals surface area contributed by atoms with Crippen molar-refractivity contribution in [3.05, 3.63) is 30.3 Å². The van der Waals surface area contributed by atoms with Gasteiger partial charge in [-0.25, -0.2) is 0 Å². The standard InChI is InChI=1S/C27H40N6O3S2/c1-17(28-4)23(34)29-21(19-15-11-8-12-16-19)26(36)33(5)22(27(2,3)37-6)24(35)30-25-20(31-32-38-25)18-13-9-7-10-14-18/h7,9-10,13-14,17,19,21-22,28H,8,11-12,15-16H2,1-6H3,(H,29,34)(H,30,35). The molecule has 1 aliphatic rings. The van der Waals surface area contributed by atoms with Crippen LogP contribution < -0.4 is 16.0 Å². The summed E-state index contributed by atoms with van der Waals surface area (Å²) in [5, 5.41) is 13.7. The Balaban J connectivity index is 1.90. The van der Waals surface area contributed by atoms with Gasteiger partial charge in [-0.3, -0.25) is 14.4 Å². The van der Waals surface area contributed by atoms with Crippen molar-refractivity contribution in [3.63, 3.8) is 0 Å². The van der Waals surface area contributed by atoms with Gasteiger partial charge in [0.1, 0.15) is 22.8 Å². The van der Waals surface area contributed by atoms with Crippen molar-refractivity contribution < 1.29 is 14.4 Å². The molecule has 3 rings (SSSR count). The number of nitrogens with zero attached hydrogens (tertiary/aromatic N) is 3. The van der Waals surface area contributed by atoms with E-state index in [1.807, 2.05) is 50.4 Å². The molecule has 1 aliphatic carbocycles. The Hall–Kier alpha value is -2.50. The number of carbonyl (C=O) groups excluding carboxylic acids is 3. The maximum absolute atomic E-state index is 14.1. The lowest BCUT2D eigenvalue weighted by atomic mass is 9.82. The van der Waals surface area contributed by atoms with Crippen LogP contribution in [0.4, 0.5) is 5.00 Å². The third-order valence-electron chi connectivity index (χ3n) is 7.45. The monoisotopic (exact) mass is 560 g/mol. The molecular weight excluding hydrogens is 520 g/mol. The third-order valence-corrected chi connectivity index (χ3v) is 9.37. The maximum Gasteiger partial charge on any atom is 0.249 e. The average molecular weight is 561 g/mol. The van der Waals surface area contributed by atoms with Crippen molar-refractivity contribution in [3.8, 4) is 11.3 Å². The highest BCUT2D eigenvalue weighted by Gasteiger charge is 2.44. The number of anilines is 1. The van der Waals surface area contributed by atoms with Crippen LogP contribution in [0.2, 0.25) is 0 Å². The first kappa shape index (κ1) is 30.0. The molecule has 11 heteroatoms. The topological polar surface area (TPSA) is 116 Å². The Kier molecular flexibility index (Phi) is 10.7. The molecule has 0 radical (unpaired) electrons. The summed E-state index contributed by atoms with van der Waals surface area (Å²) in [7, 11) is 3.38. The molecule has 0 saturated heterocycles. The molecule has 1 fully saturated rings. The number of likely N-dealkylation sites (N-methyl/N-ethyl adjacent to an activating group) is 2. The molecule has 3 amide bonds. The molecule has 38 heavy (non-hydrogen) atoms. The third kappa shape index (κ3) is 7.12. The molecule has 1 saturated carbocycles. The summed E-state index contributed by atoms with van der Waals surface area (Å²) in [5.74, 6) is -0.760. The first-order chi connectivity index (χ1) is 18.1. The first-order valence-corrected chi connectivity index (χ1v) is 15.1. The van der Waals surface area contributed by atoms with Crippen molar-refractivity contribution in [1.82, 2.24) is 25.1 Å². The summed E-state index contributed by atoms with van der Waals surface area (Å²) in [6, 6.07) is 7.61. The quantitative estimate of drug-likeness (QED) is 0.383. The molecular formula is C27H40N6O3S2. The van der Waals surface area contributed by atoms with Crippen molar-refractivity contribution in [2.75, 3.05) is 25.7 Å². The van der Waals surface area contributed by atoms with E-state index >= 15 is 0 Å². The van der Waals surface area contributed by atoms with Gasteiger partial charge in [0.25, 0.3) is 0 Å². The Morgan fingerprint density at radius 1 is 1.11 bits per heavy atom. The van der Waals surface area contributed by atoms with Crippen molar-refractivity contribution in [2.45, 2.75) is 75.7 Å². The first-order valence-electron chi connectivity index (χ1n) is 13.1. The van der Waals surface area contributed by atoms with Crippen molar-refractivity contribution in [1.29, 1.82) is 0 Å². The minimum Gasteiger partial charge on any atom is -0.343 e. The number of hydrogen-bond acceptors (Lipinski definition) is 8. The second-order valence-corrected chi connectivity index (χ2v) is 12.6. The lowest BCUT2D eigenvalue weighted by Crippen LogP contribution is -2.61. The number of rotatable bonds is 11. The maximum atomic E-state index is 14.1. The van der Waals surface area contributed by atoms with Gasteiger partial charge < -0.3 is 20.9 Å². The van der Waals surface area contributed by atoms with Gasteiger partial charge in [0.05, 0.1) is 6.04 Å². The number of amides is 3. The number of thioether (sulfide) groups is 1. The van der Waals surface area contributed by atoms with Crippen LogP contribution in [0.25, 0.3) is 11.3 Å². The van der Waals surface area contributed by atoms with Crippen LogP contribution in [0.3, 0.4) is 0 Å². The molecule has 9 nitrogen and oxygen atoms in total. The summed E-state index contributed by atoms with van der Waals surface area (Å²) in [6.07, 6.45) is 6.85. The van der Waals surface area contributed by atoms with Crippen molar-refractivity contribution >= 4 is 46.0 Å². The van der Waals surface area contributed by atoms with Gasteiger partial charge in [0, 0.05) is 28.9 Å². The number of carbonyl (C=O) groups is 3. The number of aromatic nitrogens is 2. The predicted octanol–water partition coefficient (Wildman–Crippen LogP) is 3.79. The fourth-order valence-corrected chi connectivity index (χ4v) is 6.00. The van der Waals surface area contributed by atoms with Gasteiger partial charge in [-0.1, -0.05) is 54.1 Å². The number of nitrogens with one attached hydrogen (secondary N) is 3. The van der Waals surface area contributed by atoms with Crippen LogP contribution >= 0.6 is 23.3 Å². The highest BCUT2D eigenvalue weighted by Crippen LogP contribution is 2.34. The summed E-state index contributed by atoms with van der Waals surface area (Å²) in [4.78, 5) is 42.3. The Labute approximate surface area is 234 Å². The van der Waals surface area contributed by atoms with E-state index in [0.717, 1.165) is 49.2 Å². The largest absolute Gasteiger partial charge is 0.343 e. The van der Waals surface area contributed by atoms with Crippen LogP contribution in [-0.2, 0) is 14.4 Å². The molecule has 0 spiro atoms. The Bertz CT molecular complexity index is 1090. The fourth-order valence-electron chi connectivity index (χ4n) is 4.91. The van der Waals surface area contributed by atoms with E-state index in [0.29, 0.717) is 10.7 Å². The molecule has 3 N–H and O–H groups in total. The van der Waals surface area contributed by atoms with E-state index in [9.17, 15) is 14.4 Å². The van der Waals surface area contributed by atoms with E-state index in [2.05, 4.69) is 25.5 Å².